The lowest BCUT2D eigenvalue weighted by Crippen LogP contribution is -2.33. The number of esters is 1. The van der Waals surface area contributed by atoms with Crippen LogP contribution in [0.25, 0.3) is 30.4 Å². The number of cyclic esters (lactones) is 1. The van der Waals surface area contributed by atoms with E-state index in [4.69, 9.17) is 9.57 Å². The molecule has 3 saturated heterocycles. The fourth-order valence-corrected chi connectivity index (χ4v) is 14.9. The third kappa shape index (κ3) is 24.3. The second-order valence-electron chi connectivity index (χ2n) is 40.9. The van der Waals surface area contributed by atoms with Gasteiger partial charge in [0, 0.05) is 106 Å². The Morgan fingerprint density at radius 1 is 0.368 bits per heavy atom. The monoisotopic (exact) mass is 1600 g/mol. The van der Waals surface area contributed by atoms with Crippen molar-refractivity contribution in [1.82, 2.24) is 9.96 Å². The largest absolute Gasteiger partial charge is 0.507 e. The molecule has 18 heteroatoms. The summed E-state index contributed by atoms with van der Waals surface area (Å²) in [5, 5.41) is 54.9. The predicted octanol–water partition coefficient (Wildman–Crippen LogP) is 21.6. The zero-order valence-corrected chi connectivity index (χ0v) is 76.4. The maximum absolute atomic E-state index is 12.2. The Balaban J connectivity index is 0.000000222. The first-order valence-corrected chi connectivity index (χ1v) is 41.3. The highest BCUT2D eigenvalue weighted by Crippen LogP contribution is 2.47. The molecular weight excluding hydrogens is 1470 g/mol. The number of hydrogen-bond donors (Lipinski definition) is 5. The van der Waals surface area contributed by atoms with Gasteiger partial charge in [-0.15, -0.1) is 0 Å². The van der Waals surface area contributed by atoms with Gasteiger partial charge in [-0.2, -0.15) is 4.58 Å². The SMILES string of the molecule is CC(C)(C)c1cc(/C=C2\CCOC2=O)cc(C(C)(C)C)c1O.CC(C)(C)c1cc(/C=C2\SC=NC2=O)cc(C(C)(C)C)c1O.CN1CC/C(=C\c2cc(C(C)(C)C)c(O)c(C(C)(C)C)c2)C1=O.CN1OCC/C(=C\c2cc(C(C)(C)C)c(O)c(C(C)(C)C)c2)C1=O.C[N+]1=CS/C(=C\c2cc(C(C)(C)C)c(O)c(C(C)(C)C)c2)C1=O. The zero-order valence-electron chi connectivity index (χ0n) is 74.8. The van der Waals surface area contributed by atoms with Crippen LogP contribution in [-0.4, -0.2) is 122 Å². The number of aromatic hydroxyl groups is 5. The normalized spacial score (nSPS) is 18.0. The third-order valence-electron chi connectivity index (χ3n) is 20.2. The molecule has 0 saturated carbocycles. The lowest BCUT2D eigenvalue weighted by molar-refractivity contribution is -0.404. The highest BCUT2D eigenvalue weighted by atomic mass is 32.2. The van der Waals surface area contributed by atoms with E-state index in [2.05, 4.69) is 213 Å². The first-order chi connectivity index (χ1) is 51.7. The Bertz CT molecular complexity index is 4390. The van der Waals surface area contributed by atoms with E-state index in [0.29, 0.717) is 70.2 Å². The van der Waals surface area contributed by atoms with Crippen LogP contribution in [0.1, 0.15) is 310 Å². The molecule has 5 N–H and O–H groups in total. The standard InChI is InChI=1S/C20H29NO3.C20H29NO2.C19H25NO2S.C19H26O3.C18H23NO2S/c1-19(2,3)15-11-13(12-16(17(15)22)20(4,5)6)10-14-8-9-24-21(7)18(14)23;1-19(2,3)15-11-13(10-14-8-9-21(7)18(14)23)12-16(17(15)22)20(4,5)6;1-18(2,3)13-8-12(9-14(16(13)21)19(4,5)6)10-15-17(22)20(7)11-23-15;1-18(2,3)14-10-12(9-13-7-8-22-17(13)21)11-15(16(14)20)19(4,5)6;1-17(2,3)12-7-11(9-14-16(21)19-10-22-14)8-13(15(12)20)18(4,5)6/h10-12,22H,8-9H2,1-7H3;10-12,22H,8-9H2,1-7H3;8-11H,1-7H3;9-11,20H,7-8H2,1-6H3;7-10,20H,1-6H3/p+1/b2*14-10+;;13-9+;14-9-. The number of amides is 4. The molecular formula is C96H133N4O12S2+. The van der Waals surface area contributed by atoms with E-state index >= 15 is 0 Å². The van der Waals surface area contributed by atoms with Gasteiger partial charge < -0.3 is 35.2 Å². The molecule has 5 aliphatic heterocycles. The summed E-state index contributed by atoms with van der Waals surface area (Å²) >= 11 is 2.77. The number of hydroxylamine groups is 2. The molecule has 0 aromatic heterocycles. The van der Waals surface area contributed by atoms with Gasteiger partial charge in [-0.25, -0.2) is 19.6 Å². The lowest BCUT2D eigenvalue weighted by Gasteiger charge is -2.28. The minimum Gasteiger partial charge on any atom is -0.507 e. The van der Waals surface area contributed by atoms with E-state index in [1.807, 2.05) is 104 Å². The second-order valence-corrected chi connectivity index (χ2v) is 42.7. The first kappa shape index (κ1) is 94.4. The lowest BCUT2D eigenvalue weighted by atomic mass is 9.78. The number of hydrogen-bond acceptors (Lipinski definition) is 14. The van der Waals surface area contributed by atoms with Gasteiger partial charge in [0.15, 0.2) is 0 Å². The molecule has 0 spiro atoms. The van der Waals surface area contributed by atoms with Crippen molar-refractivity contribution in [2.45, 2.75) is 281 Å². The van der Waals surface area contributed by atoms with Crippen LogP contribution in [0.3, 0.4) is 0 Å². The molecule has 10 rings (SSSR count). The Morgan fingerprint density at radius 3 is 0.877 bits per heavy atom. The number of thioether (sulfide) groups is 2. The number of rotatable bonds is 5. The van der Waals surface area contributed by atoms with Crippen LogP contribution in [-0.2, 0) is 87.7 Å². The van der Waals surface area contributed by atoms with E-state index in [0.717, 1.165) is 108 Å². The highest BCUT2D eigenvalue weighted by Gasteiger charge is 2.35. The number of nitrogens with zero attached hydrogens (tertiary/aromatic N) is 4. The Kier molecular flexibility index (Phi) is 29.1. The molecule has 5 aliphatic rings. The number of benzene rings is 5. The highest BCUT2D eigenvalue weighted by molar-refractivity contribution is 8.17. The van der Waals surface area contributed by atoms with Gasteiger partial charge in [0.1, 0.15) is 40.7 Å². The van der Waals surface area contributed by atoms with Crippen molar-refractivity contribution < 1.29 is 63.7 Å². The molecule has 5 heterocycles. The summed E-state index contributed by atoms with van der Waals surface area (Å²) in [6.45, 7) is 64.2. The molecule has 0 unspecified atom stereocenters. The summed E-state index contributed by atoms with van der Waals surface area (Å²) in [5.74, 6) is 1.38. The quantitative estimate of drug-likeness (QED) is 0.0627. The number of likely N-dealkylation sites (N-methyl/N-ethyl adjacent to an activating group) is 3. The van der Waals surface area contributed by atoms with Crippen LogP contribution in [0.5, 0.6) is 28.7 Å². The van der Waals surface area contributed by atoms with Crippen molar-refractivity contribution in [2.75, 3.05) is 40.9 Å². The Labute approximate surface area is 690 Å². The number of carbonyl (C=O) groups is 5. The van der Waals surface area contributed by atoms with Gasteiger partial charge in [0.2, 0.25) is 11.5 Å². The van der Waals surface area contributed by atoms with E-state index < -0.39 is 0 Å². The van der Waals surface area contributed by atoms with E-state index in [9.17, 15) is 49.5 Å². The molecule has 5 aromatic carbocycles. The van der Waals surface area contributed by atoms with Crippen LogP contribution in [0.4, 0.5) is 0 Å². The first-order valence-electron chi connectivity index (χ1n) is 39.5. The van der Waals surface area contributed by atoms with Crippen molar-refractivity contribution >= 4 is 94.6 Å². The maximum Gasteiger partial charge on any atom is 0.426 e. The molecule has 0 bridgehead atoms. The summed E-state index contributed by atoms with van der Waals surface area (Å²) in [4.78, 5) is 71.9. The van der Waals surface area contributed by atoms with Crippen LogP contribution in [0.15, 0.2) is 92.2 Å². The molecule has 5 aromatic rings. The van der Waals surface area contributed by atoms with Crippen molar-refractivity contribution in [3.63, 3.8) is 0 Å². The molecule has 620 valence electrons. The molecule has 0 radical (unpaired) electrons. The topological polar surface area (TPSA) is 227 Å². The zero-order chi connectivity index (χ0) is 86.9. The summed E-state index contributed by atoms with van der Waals surface area (Å²) in [6, 6.07) is 19.9. The molecule has 16 nitrogen and oxygen atoms in total. The molecule has 0 aliphatic carbocycles. The van der Waals surface area contributed by atoms with Crippen LogP contribution >= 0.6 is 23.5 Å². The molecule has 0 atom stereocenters. The smallest absolute Gasteiger partial charge is 0.426 e. The average Bonchev–Trinajstić information content (AvgIpc) is 1.10. The van der Waals surface area contributed by atoms with Gasteiger partial charge in [0.25, 0.3) is 11.8 Å². The summed E-state index contributed by atoms with van der Waals surface area (Å²) in [7, 11) is 5.22. The number of phenols is 5. The van der Waals surface area contributed by atoms with E-state index in [1.165, 1.54) is 28.6 Å². The Morgan fingerprint density at radius 2 is 0.640 bits per heavy atom. The minimum absolute atomic E-state index is 0.0118. The summed E-state index contributed by atoms with van der Waals surface area (Å²) in [5.41, 5.74) is 17.7. The Hall–Kier alpha value is -8.45. The minimum atomic E-state index is -0.234. The average molecular weight is 1600 g/mol. The second kappa shape index (κ2) is 35.2. The van der Waals surface area contributed by atoms with Crippen molar-refractivity contribution in [2.24, 2.45) is 4.99 Å². The summed E-state index contributed by atoms with van der Waals surface area (Å²) < 4.78 is 6.59. The van der Waals surface area contributed by atoms with Gasteiger partial charge in [-0.1, -0.05) is 219 Å². The summed E-state index contributed by atoms with van der Waals surface area (Å²) in [6.07, 6.45) is 11.6. The maximum atomic E-state index is 12.2. The molecule has 3 fully saturated rings. The molecule has 114 heavy (non-hydrogen) atoms. The van der Waals surface area contributed by atoms with Crippen molar-refractivity contribution in [1.29, 1.82) is 0 Å². The van der Waals surface area contributed by atoms with Crippen molar-refractivity contribution in [3.05, 3.63) is 171 Å². The number of phenolic OH excluding ortho intramolecular Hbond substituents is 5. The fraction of sp³-hybridized carbons (Fsp3) is 0.510. The fourth-order valence-electron chi connectivity index (χ4n) is 13.4. The van der Waals surface area contributed by atoms with Crippen molar-refractivity contribution in [3.8, 4) is 28.7 Å². The van der Waals surface area contributed by atoms with E-state index in [1.54, 1.807) is 29.1 Å². The predicted molar refractivity (Wildman–Crippen MR) is 475 cm³/mol. The van der Waals surface area contributed by atoms with Gasteiger partial charge in [-0.05, 0) is 191 Å². The van der Waals surface area contributed by atoms with Gasteiger partial charge >= 0.3 is 11.9 Å². The van der Waals surface area contributed by atoms with E-state index in [-0.39, 0.29) is 83.7 Å². The number of carbonyl (C=O) groups excluding carboxylic acids is 5. The third-order valence-corrected chi connectivity index (χ3v) is 21.9. The van der Waals surface area contributed by atoms with Crippen LogP contribution < -0.4 is 0 Å². The van der Waals surface area contributed by atoms with Gasteiger partial charge in [-0.3, -0.25) is 19.2 Å². The van der Waals surface area contributed by atoms with Gasteiger partial charge in [0.05, 0.1) is 23.7 Å². The van der Waals surface area contributed by atoms with Crippen LogP contribution in [0.2, 0.25) is 0 Å². The number of aliphatic imine (C=N–C) groups is 1. The number of likely N-dealkylation sites (tertiary alicyclic amines) is 1. The van der Waals surface area contributed by atoms with Crippen LogP contribution in [0, 0.1) is 0 Å². The number of ether oxygens (including phenoxy) is 1. The molecule has 4 amide bonds.